The second kappa shape index (κ2) is 8.88. The highest BCUT2D eigenvalue weighted by Gasteiger charge is 2.46. The number of ether oxygens (including phenoxy) is 1. The number of carbonyl (C=O) groups is 3. The molecule has 2 amide bonds. The highest BCUT2D eigenvalue weighted by Crippen LogP contribution is 2.31. The third-order valence-electron chi connectivity index (χ3n) is 6.22. The molecule has 0 saturated heterocycles. The smallest absolute Gasteiger partial charge is 0.343 e. The number of aromatic nitrogens is 3. The van der Waals surface area contributed by atoms with Crippen LogP contribution in [0.15, 0.2) is 65.9 Å². The van der Waals surface area contributed by atoms with Gasteiger partial charge in [0.25, 0.3) is 11.8 Å². The number of nitrogens with zero attached hydrogens (tertiary/aromatic N) is 5. The molecule has 10 nitrogen and oxygen atoms in total. The minimum atomic E-state index is -1.29. The number of amides is 2. The molecule has 182 valence electrons. The quantitative estimate of drug-likeness (QED) is 0.552. The van der Waals surface area contributed by atoms with Crippen LogP contribution in [0.4, 0.5) is 5.82 Å². The molecule has 2 aromatic heterocycles. The number of pyridine rings is 1. The van der Waals surface area contributed by atoms with Gasteiger partial charge in [0.15, 0.2) is 11.6 Å². The molecule has 0 fully saturated rings. The van der Waals surface area contributed by atoms with Crippen LogP contribution in [0.5, 0.6) is 0 Å². The van der Waals surface area contributed by atoms with E-state index in [4.69, 9.17) is 9.72 Å². The summed E-state index contributed by atoms with van der Waals surface area (Å²) in [6.07, 6.45) is 8.06. The van der Waals surface area contributed by atoms with Gasteiger partial charge in [0.05, 0.1) is 24.7 Å². The van der Waals surface area contributed by atoms with E-state index in [1.807, 2.05) is 37.3 Å². The summed E-state index contributed by atoms with van der Waals surface area (Å²) in [5.74, 6) is -0.653. The maximum atomic E-state index is 13.8. The molecule has 0 bridgehead atoms. The summed E-state index contributed by atoms with van der Waals surface area (Å²) >= 11 is 0. The number of amidine groups is 1. The standard InChI is InChI=1S/C26H24N6O4/c1-4-36-24(34)18-15-27-32(21-13-16(2)17-9-5-6-10-19(17)28-21)23(18)30-25(35)26(3)14-22(33)29-20-11-7-8-12-31(20)26/h5-13,15H,4,14H2,1-3H3,(H,30,35). The zero-order valence-electron chi connectivity index (χ0n) is 20.1. The first-order valence-corrected chi connectivity index (χ1v) is 11.5. The Kier molecular flexibility index (Phi) is 5.71. The van der Waals surface area contributed by atoms with E-state index in [0.717, 1.165) is 16.5 Å². The number of fused-ring (bicyclic) bond motifs is 2. The fourth-order valence-electron chi connectivity index (χ4n) is 4.36. The molecule has 2 aliphatic rings. The number of benzene rings is 1. The lowest BCUT2D eigenvalue weighted by molar-refractivity contribution is -0.130. The first kappa shape index (κ1) is 23.2. The summed E-state index contributed by atoms with van der Waals surface area (Å²) in [5.41, 5.74) is 0.487. The van der Waals surface area contributed by atoms with Crippen LogP contribution >= 0.6 is 0 Å². The lowest BCUT2D eigenvalue weighted by Crippen LogP contribution is -2.58. The van der Waals surface area contributed by atoms with Gasteiger partial charge in [0.1, 0.15) is 16.9 Å². The lowest BCUT2D eigenvalue weighted by Gasteiger charge is -2.41. The fraction of sp³-hybridized carbons (Fsp3) is 0.231. The molecule has 0 spiro atoms. The molecule has 1 N–H and O–H groups in total. The molecule has 3 aromatic rings. The largest absolute Gasteiger partial charge is 0.462 e. The number of aliphatic imine (C=N–C) groups is 1. The number of para-hydroxylation sites is 1. The van der Waals surface area contributed by atoms with Crippen LogP contribution in [-0.2, 0) is 14.3 Å². The molecular formula is C26H24N6O4. The highest BCUT2D eigenvalue weighted by atomic mass is 16.5. The van der Waals surface area contributed by atoms with Gasteiger partial charge in [-0.1, -0.05) is 24.3 Å². The van der Waals surface area contributed by atoms with Gasteiger partial charge >= 0.3 is 5.97 Å². The number of allylic oxidation sites excluding steroid dienone is 2. The van der Waals surface area contributed by atoms with E-state index in [9.17, 15) is 14.4 Å². The molecule has 10 heteroatoms. The van der Waals surface area contributed by atoms with Crippen molar-refractivity contribution in [1.82, 2.24) is 19.7 Å². The maximum absolute atomic E-state index is 13.8. The summed E-state index contributed by atoms with van der Waals surface area (Å²) < 4.78 is 6.60. The number of nitrogens with one attached hydrogen (secondary N) is 1. The van der Waals surface area contributed by atoms with Crippen molar-refractivity contribution >= 4 is 40.3 Å². The van der Waals surface area contributed by atoms with Gasteiger partial charge in [-0.2, -0.15) is 14.8 Å². The number of hydrogen-bond acceptors (Lipinski definition) is 7. The predicted molar refractivity (Wildman–Crippen MR) is 134 cm³/mol. The van der Waals surface area contributed by atoms with Gasteiger partial charge in [-0.3, -0.25) is 9.59 Å². The second-order valence-electron chi connectivity index (χ2n) is 8.69. The van der Waals surface area contributed by atoms with Gasteiger partial charge in [-0.15, -0.1) is 0 Å². The van der Waals surface area contributed by atoms with Crippen LogP contribution in [0.2, 0.25) is 0 Å². The maximum Gasteiger partial charge on any atom is 0.343 e. The molecule has 0 aliphatic carbocycles. The minimum Gasteiger partial charge on any atom is -0.462 e. The Hall–Kier alpha value is -4.60. The highest BCUT2D eigenvalue weighted by molar-refractivity contribution is 6.12. The Balaban J connectivity index is 1.59. The summed E-state index contributed by atoms with van der Waals surface area (Å²) in [6.45, 7) is 5.46. The molecule has 4 heterocycles. The van der Waals surface area contributed by atoms with Crippen LogP contribution in [0.1, 0.15) is 36.2 Å². The van der Waals surface area contributed by atoms with E-state index >= 15 is 0 Å². The van der Waals surface area contributed by atoms with E-state index in [1.165, 1.54) is 10.9 Å². The van der Waals surface area contributed by atoms with Crippen molar-refractivity contribution in [2.24, 2.45) is 4.99 Å². The third kappa shape index (κ3) is 3.86. The predicted octanol–water partition coefficient (Wildman–Crippen LogP) is 3.32. The van der Waals surface area contributed by atoms with E-state index in [2.05, 4.69) is 15.4 Å². The molecule has 0 saturated carbocycles. The molecular weight excluding hydrogens is 460 g/mol. The summed E-state index contributed by atoms with van der Waals surface area (Å²) in [4.78, 5) is 49.3. The van der Waals surface area contributed by atoms with Crippen molar-refractivity contribution in [3.8, 4) is 5.82 Å². The normalized spacial score (nSPS) is 18.7. The zero-order chi connectivity index (χ0) is 25.4. The molecule has 2 aliphatic heterocycles. The molecule has 5 rings (SSSR count). The zero-order valence-corrected chi connectivity index (χ0v) is 20.1. The van der Waals surface area contributed by atoms with Gasteiger partial charge < -0.3 is 15.0 Å². The van der Waals surface area contributed by atoms with E-state index in [-0.39, 0.29) is 24.4 Å². The Bertz CT molecular complexity index is 1500. The topological polar surface area (TPSA) is 119 Å². The number of esters is 1. The van der Waals surface area contributed by atoms with Crippen molar-refractivity contribution in [2.75, 3.05) is 11.9 Å². The average Bonchev–Trinajstić information content (AvgIpc) is 3.27. The van der Waals surface area contributed by atoms with E-state index in [0.29, 0.717) is 11.7 Å². The number of anilines is 1. The molecule has 1 unspecified atom stereocenters. The van der Waals surface area contributed by atoms with Gasteiger partial charge in [0.2, 0.25) is 0 Å². The summed E-state index contributed by atoms with van der Waals surface area (Å²) in [6, 6.07) is 9.50. The lowest BCUT2D eigenvalue weighted by atomic mass is 9.91. The van der Waals surface area contributed by atoms with Crippen molar-refractivity contribution in [3.63, 3.8) is 0 Å². The summed E-state index contributed by atoms with van der Waals surface area (Å²) in [5, 5.41) is 8.19. The van der Waals surface area contributed by atoms with Crippen molar-refractivity contribution in [2.45, 2.75) is 32.7 Å². The first-order chi connectivity index (χ1) is 17.3. The Morgan fingerprint density at radius 1 is 1.22 bits per heavy atom. The minimum absolute atomic E-state index is 0.0755. The molecule has 1 atom stereocenters. The van der Waals surface area contributed by atoms with Gasteiger partial charge in [-0.25, -0.2) is 9.78 Å². The van der Waals surface area contributed by atoms with Crippen LogP contribution in [0.25, 0.3) is 16.7 Å². The number of carbonyl (C=O) groups excluding carboxylic acids is 3. The van der Waals surface area contributed by atoms with Gasteiger partial charge in [0, 0.05) is 11.6 Å². The molecule has 36 heavy (non-hydrogen) atoms. The van der Waals surface area contributed by atoms with Crippen molar-refractivity contribution < 1.29 is 19.1 Å². The number of hydrogen-bond donors (Lipinski definition) is 1. The molecule has 1 aromatic carbocycles. The van der Waals surface area contributed by atoms with Gasteiger partial charge in [-0.05, 0) is 50.6 Å². The molecule has 0 radical (unpaired) electrons. The summed E-state index contributed by atoms with van der Waals surface area (Å²) in [7, 11) is 0. The average molecular weight is 485 g/mol. The van der Waals surface area contributed by atoms with Crippen LogP contribution in [0.3, 0.4) is 0 Å². The number of aryl methyl sites for hydroxylation is 1. The van der Waals surface area contributed by atoms with Crippen LogP contribution in [0, 0.1) is 6.92 Å². The third-order valence-corrected chi connectivity index (χ3v) is 6.22. The van der Waals surface area contributed by atoms with E-state index in [1.54, 1.807) is 43.2 Å². The number of rotatable bonds is 5. The fourth-order valence-corrected chi connectivity index (χ4v) is 4.36. The Labute approximate surface area is 207 Å². The van der Waals surface area contributed by atoms with Crippen LogP contribution < -0.4 is 5.32 Å². The Morgan fingerprint density at radius 3 is 2.83 bits per heavy atom. The van der Waals surface area contributed by atoms with Crippen LogP contribution in [-0.4, -0.2) is 55.4 Å². The second-order valence-corrected chi connectivity index (χ2v) is 8.69. The monoisotopic (exact) mass is 484 g/mol. The van der Waals surface area contributed by atoms with Crippen molar-refractivity contribution in [1.29, 1.82) is 0 Å². The first-order valence-electron chi connectivity index (χ1n) is 11.5. The Morgan fingerprint density at radius 2 is 2.03 bits per heavy atom. The van der Waals surface area contributed by atoms with E-state index < -0.39 is 23.3 Å². The SMILES string of the molecule is CCOC(=O)c1cnn(-c2cc(C)c3ccccc3n2)c1NC(=O)C1(C)CC(=O)N=C2C=CC=CN21. The van der Waals surface area contributed by atoms with Crippen molar-refractivity contribution in [3.05, 3.63) is 72.1 Å².